The van der Waals surface area contributed by atoms with Crippen molar-refractivity contribution in [3.63, 3.8) is 0 Å². The molecule has 1 fully saturated rings. The van der Waals surface area contributed by atoms with Crippen molar-refractivity contribution in [2.75, 3.05) is 32.0 Å². The van der Waals surface area contributed by atoms with Gasteiger partial charge in [0.1, 0.15) is 0 Å². The maximum atomic E-state index is 12.2. The van der Waals surface area contributed by atoms with Crippen molar-refractivity contribution in [1.82, 2.24) is 10.2 Å². The van der Waals surface area contributed by atoms with Crippen molar-refractivity contribution in [2.24, 2.45) is 0 Å². The molecule has 148 valence electrons. The fourth-order valence-corrected chi connectivity index (χ4v) is 3.05. The SMILES string of the molecule is Cl.Cl.Nc1ccc(C(=O)NCc2ccc(CN3CCOCC3)cc2)c(Cl)c1. The molecule has 27 heavy (non-hydrogen) atoms. The van der Waals surface area contributed by atoms with Gasteiger partial charge in [0.25, 0.3) is 5.91 Å². The van der Waals surface area contributed by atoms with E-state index in [1.165, 1.54) is 5.56 Å². The van der Waals surface area contributed by atoms with Gasteiger partial charge < -0.3 is 15.8 Å². The zero-order chi connectivity index (χ0) is 17.6. The molecule has 0 radical (unpaired) electrons. The fraction of sp³-hybridized carbons (Fsp3) is 0.316. The number of amides is 1. The average molecular weight is 433 g/mol. The summed E-state index contributed by atoms with van der Waals surface area (Å²) in [5, 5.41) is 3.24. The van der Waals surface area contributed by atoms with Crippen LogP contribution in [0.1, 0.15) is 21.5 Å². The van der Waals surface area contributed by atoms with E-state index in [4.69, 9.17) is 22.1 Å². The molecule has 3 rings (SSSR count). The number of nitrogens with zero attached hydrogens (tertiary/aromatic N) is 1. The first kappa shape index (κ1) is 23.5. The first-order chi connectivity index (χ1) is 12.1. The highest BCUT2D eigenvalue weighted by Gasteiger charge is 2.12. The molecule has 3 N–H and O–H groups in total. The van der Waals surface area contributed by atoms with E-state index in [9.17, 15) is 4.79 Å². The van der Waals surface area contributed by atoms with Gasteiger partial charge in [-0.25, -0.2) is 0 Å². The lowest BCUT2D eigenvalue weighted by Gasteiger charge is -2.26. The van der Waals surface area contributed by atoms with Crippen molar-refractivity contribution in [3.8, 4) is 0 Å². The largest absolute Gasteiger partial charge is 0.399 e. The van der Waals surface area contributed by atoms with Gasteiger partial charge in [-0.2, -0.15) is 0 Å². The number of carbonyl (C=O) groups is 1. The second kappa shape index (κ2) is 11.4. The van der Waals surface area contributed by atoms with Crippen molar-refractivity contribution in [2.45, 2.75) is 13.1 Å². The van der Waals surface area contributed by atoms with Crippen LogP contribution in [0, 0.1) is 0 Å². The standard InChI is InChI=1S/C19H22ClN3O2.2ClH/c20-18-11-16(21)5-6-17(18)19(24)22-12-14-1-3-15(4-2-14)13-23-7-9-25-10-8-23;;/h1-6,11H,7-10,12-13,21H2,(H,22,24);2*1H. The van der Waals surface area contributed by atoms with E-state index in [-0.39, 0.29) is 30.7 Å². The second-order valence-electron chi connectivity index (χ2n) is 6.13. The predicted molar refractivity (Wildman–Crippen MR) is 114 cm³/mol. The maximum absolute atomic E-state index is 12.2. The topological polar surface area (TPSA) is 67.6 Å². The molecule has 1 aliphatic heterocycles. The van der Waals surface area contributed by atoms with E-state index in [2.05, 4.69) is 22.3 Å². The van der Waals surface area contributed by atoms with Crippen LogP contribution in [-0.2, 0) is 17.8 Å². The summed E-state index contributed by atoms with van der Waals surface area (Å²) in [6, 6.07) is 13.2. The second-order valence-corrected chi connectivity index (χ2v) is 6.53. The molecule has 1 amide bonds. The Kier molecular flexibility index (Phi) is 9.91. The van der Waals surface area contributed by atoms with E-state index in [1.54, 1.807) is 18.2 Å². The van der Waals surface area contributed by atoms with Crippen LogP contribution in [-0.4, -0.2) is 37.1 Å². The quantitative estimate of drug-likeness (QED) is 0.709. The number of ether oxygens (including phenoxy) is 1. The van der Waals surface area contributed by atoms with Crippen LogP contribution in [0.25, 0.3) is 0 Å². The number of nitrogens with two attached hydrogens (primary N) is 1. The van der Waals surface area contributed by atoms with Gasteiger partial charge in [0.15, 0.2) is 0 Å². The molecule has 0 aromatic heterocycles. The molecule has 2 aromatic carbocycles. The Morgan fingerprint density at radius 2 is 1.70 bits per heavy atom. The lowest BCUT2D eigenvalue weighted by molar-refractivity contribution is 0.0342. The van der Waals surface area contributed by atoms with Crippen LogP contribution in [0.4, 0.5) is 5.69 Å². The molecule has 1 saturated heterocycles. The number of nitrogen functional groups attached to an aromatic ring is 1. The Hall–Kier alpha value is -1.50. The summed E-state index contributed by atoms with van der Waals surface area (Å²) in [7, 11) is 0. The van der Waals surface area contributed by atoms with Crippen molar-refractivity contribution >= 4 is 48.0 Å². The molecule has 0 aliphatic carbocycles. The lowest BCUT2D eigenvalue weighted by atomic mass is 10.1. The molecule has 0 atom stereocenters. The Balaban J connectivity index is 0.00000182. The first-order valence-electron chi connectivity index (χ1n) is 8.33. The summed E-state index contributed by atoms with van der Waals surface area (Å²) in [5.74, 6) is -0.206. The van der Waals surface area contributed by atoms with Crippen LogP contribution < -0.4 is 11.1 Å². The molecule has 0 bridgehead atoms. The molecule has 0 spiro atoms. The third-order valence-corrected chi connectivity index (χ3v) is 4.54. The van der Waals surface area contributed by atoms with Gasteiger partial charge in [-0.3, -0.25) is 9.69 Å². The van der Waals surface area contributed by atoms with E-state index in [0.29, 0.717) is 22.8 Å². The smallest absolute Gasteiger partial charge is 0.253 e. The highest BCUT2D eigenvalue weighted by atomic mass is 35.5. The molecule has 0 saturated carbocycles. The van der Waals surface area contributed by atoms with Crippen molar-refractivity contribution < 1.29 is 9.53 Å². The first-order valence-corrected chi connectivity index (χ1v) is 8.71. The summed E-state index contributed by atoms with van der Waals surface area (Å²) >= 11 is 6.07. The van der Waals surface area contributed by atoms with Crippen molar-refractivity contribution in [3.05, 3.63) is 64.2 Å². The van der Waals surface area contributed by atoms with Crippen LogP contribution in [0.2, 0.25) is 5.02 Å². The van der Waals surface area contributed by atoms with E-state index in [0.717, 1.165) is 38.4 Å². The summed E-state index contributed by atoms with van der Waals surface area (Å²) in [4.78, 5) is 14.6. The summed E-state index contributed by atoms with van der Waals surface area (Å²) in [6.07, 6.45) is 0. The van der Waals surface area contributed by atoms with E-state index in [1.807, 2.05) is 12.1 Å². The monoisotopic (exact) mass is 431 g/mol. The third-order valence-electron chi connectivity index (χ3n) is 4.22. The van der Waals surface area contributed by atoms with Crippen LogP contribution in [0.5, 0.6) is 0 Å². The van der Waals surface area contributed by atoms with Gasteiger partial charge in [-0.1, -0.05) is 35.9 Å². The number of halogens is 3. The minimum absolute atomic E-state index is 0. The average Bonchev–Trinajstić information content (AvgIpc) is 2.62. The van der Waals surface area contributed by atoms with Gasteiger partial charge in [0.05, 0.1) is 23.8 Å². The molecule has 1 aliphatic rings. The normalized spacial score (nSPS) is 14.0. The molecular formula is C19H24Cl3N3O2. The molecule has 8 heteroatoms. The van der Waals surface area contributed by atoms with Gasteiger partial charge in [-0.05, 0) is 29.3 Å². The van der Waals surface area contributed by atoms with Crippen LogP contribution in [0.3, 0.4) is 0 Å². The molecular weight excluding hydrogens is 409 g/mol. The summed E-state index contributed by atoms with van der Waals surface area (Å²) < 4.78 is 5.36. The summed E-state index contributed by atoms with van der Waals surface area (Å²) in [5.41, 5.74) is 8.93. The summed E-state index contributed by atoms with van der Waals surface area (Å²) in [6.45, 7) is 4.93. The molecule has 1 heterocycles. The number of hydrogen-bond acceptors (Lipinski definition) is 4. The highest BCUT2D eigenvalue weighted by Crippen LogP contribution is 2.19. The number of nitrogens with one attached hydrogen (secondary N) is 1. The Labute approximate surface area is 177 Å². The van der Waals surface area contributed by atoms with Crippen molar-refractivity contribution in [1.29, 1.82) is 0 Å². The Morgan fingerprint density at radius 3 is 2.33 bits per heavy atom. The zero-order valence-electron chi connectivity index (χ0n) is 14.8. The van der Waals surface area contributed by atoms with Gasteiger partial charge in [0.2, 0.25) is 0 Å². The van der Waals surface area contributed by atoms with Crippen LogP contribution >= 0.6 is 36.4 Å². The fourth-order valence-electron chi connectivity index (χ4n) is 2.77. The molecule has 5 nitrogen and oxygen atoms in total. The predicted octanol–water partition coefficient (Wildman–Crippen LogP) is 3.53. The van der Waals surface area contributed by atoms with Gasteiger partial charge in [0, 0.05) is 31.9 Å². The third kappa shape index (κ3) is 6.87. The van der Waals surface area contributed by atoms with Gasteiger partial charge in [-0.15, -0.1) is 24.8 Å². The number of morpholine rings is 1. The number of anilines is 1. The van der Waals surface area contributed by atoms with E-state index >= 15 is 0 Å². The molecule has 2 aromatic rings. The zero-order valence-corrected chi connectivity index (χ0v) is 17.2. The number of benzene rings is 2. The Bertz CT molecular complexity index is 735. The number of rotatable bonds is 5. The maximum Gasteiger partial charge on any atom is 0.253 e. The number of carbonyl (C=O) groups excluding carboxylic acids is 1. The number of hydrogen-bond donors (Lipinski definition) is 2. The highest BCUT2D eigenvalue weighted by molar-refractivity contribution is 6.34. The minimum Gasteiger partial charge on any atom is -0.399 e. The van der Waals surface area contributed by atoms with E-state index < -0.39 is 0 Å². The Morgan fingerprint density at radius 1 is 1.07 bits per heavy atom. The lowest BCUT2D eigenvalue weighted by Crippen LogP contribution is -2.35. The molecule has 0 unspecified atom stereocenters. The minimum atomic E-state index is -0.206. The van der Waals surface area contributed by atoms with Crippen LogP contribution in [0.15, 0.2) is 42.5 Å². The van der Waals surface area contributed by atoms with Gasteiger partial charge >= 0.3 is 0 Å².